The molecule has 102 valence electrons. The molecule has 2 N–H and O–H groups in total. The Morgan fingerprint density at radius 2 is 2.17 bits per heavy atom. The van der Waals surface area contributed by atoms with Crippen molar-refractivity contribution in [3.8, 4) is 0 Å². The molecule has 1 unspecified atom stereocenters. The van der Waals surface area contributed by atoms with Crippen LogP contribution in [0.5, 0.6) is 0 Å². The summed E-state index contributed by atoms with van der Waals surface area (Å²) in [6.07, 6.45) is 4.15. The lowest BCUT2D eigenvalue weighted by Crippen LogP contribution is -2.30. The van der Waals surface area contributed by atoms with Crippen molar-refractivity contribution in [2.75, 3.05) is 30.5 Å². The van der Waals surface area contributed by atoms with Gasteiger partial charge in [0.05, 0.1) is 0 Å². The van der Waals surface area contributed by atoms with E-state index in [1.165, 1.54) is 23.4 Å². The van der Waals surface area contributed by atoms with Gasteiger partial charge in [0.1, 0.15) is 0 Å². The molecule has 0 radical (unpaired) electrons. The number of halogens is 1. The van der Waals surface area contributed by atoms with E-state index in [0.717, 1.165) is 11.4 Å². The topological polar surface area (TPSA) is 29.3 Å². The van der Waals surface area contributed by atoms with E-state index >= 15 is 0 Å². The molecule has 0 spiro atoms. The molecule has 4 heteroatoms. The van der Waals surface area contributed by atoms with Crippen LogP contribution >= 0.6 is 23.4 Å². The van der Waals surface area contributed by atoms with Crippen LogP contribution in [0.1, 0.15) is 18.9 Å². The molecular formula is C14H23ClN2S. The number of hydrogen-bond acceptors (Lipinski definition) is 3. The molecule has 1 aromatic rings. The summed E-state index contributed by atoms with van der Waals surface area (Å²) < 4.78 is 0. The Kier molecular flexibility index (Phi) is 6.90. The molecular weight excluding hydrogens is 264 g/mol. The maximum Gasteiger partial charge on any atom is 0.0459 e. The van der Waals surface area contributed by atoms with Gasteiger partial charge in [-0.2, -0.15) is 11.8 Å². The van der Waals surface area contributed by atoms with Gasteiger partial charge in [-0.1, -0.05) is 17.7 Å². The smallest absolute Gasteiger partial charge is 0.0459 e. The van der Waals surface area contributed by atoms with Gasteiger partial charge < -0.3 is 10.6 Å². The van der Waals surface area contributed by atoms with Crippen molar-refractivity contribution in [2.24, 2.45) is 5.73 Å². The lowest BCUT2D eigenvalue weighted by atomic mass is 10.1. The zero-order chi connectivity index (χ0) is 13.5. The molecule has 0 heterocycles. The predicted octanol–water partition coefficient (Wildman–Crippen LogP) is 3.42. The van der Waals surface area contributed by atoms with Gasteiger partial charge in [-0.15, -0.1) is 0 Å². The third-order valence-electron chi connectivity index (χ3n) is 3.27. The minimum Gasteiger partial charge on any atom is -0.372 e. The van der Waals surface area contributed by atoms with E-state index in [9.17, 15) is 0 Å². The zero-order valence-corrected chi connectivity index (χ0v) is 13.0. The molecule has 0 saturated carbocycles. The monoisotopic (exact) mass is 286 g/mol. The lowest BCUT2D eigenvalue weighted by Gasteiger charge is -2.29. The maximum absolute atomic E-state index is 6.27. The number of hydrogen-bond donors (Lipinski definition) is 1. The third kappa shape index (κ3) is 4.08. The van der Waals surface area contributed by atoms with Gasteiger partial charge in [-0.25, -0.2) is 0 Å². The standard InChI is InChI=1S/C14H23ClN2S/c1-11(8-10-18-3)17(2)14-6-4-5-13(15)12(14)7-9-16/h4-6,11H,7-10,16H2,1-3H3. The highest BCUT2D eigenvalue weighted by atomic mass is 35.5. The van der Waals surface area contributed by atoms with E-state index < -0.39 is 0 Å². The zero-order valence-electron chi connectivity index (χ0n) is 11.4. The first-order valence-corrected chi connectivity index (χ1v) is 8.08. The number of rotatable bonds is 7. The summed E-state index contributed by atoms with van der Waals surface area (Å²) in [7, 11) is 2.14. The molecule has 1 aromatic carbocycles. The number of thioether (sulfide) groups is 1. The summed E-state index contributed by atoms with van der Waals surface area (Å²) in [5.41, 5.74) is 8.05. The molecule has 0 aliphatic carbocycles. The van der Waals surface area contributed by atoms with Crippen molar-refractivity contribution in [2.45, 2.75) is 25.8 Å². The molecule has 18 heavy (non-hydrogen) atoms. The van der Waals surface area contributed by atoms with E-state index in [2.05, 4.69) is 31.2 Å². The van der Waals surface area contributed by atoms with Crippen molar-refractivity contribution in [3.63, 3.8) is 0 Å². The van der Waals surface area contributed by atoms with Gasteiger partial charge in [0.15, 0.2) is 0 Å². The first-order valence-electron chi connectivity index (χ1n) is 6.31. The second-order valence-corrected chi connectivity index (χ2v) is 5.91. The molecule has 1 atom stereocenters. The highest BCUT2D eigenvalue weighted by Gasteiger charge is 2.14. The summed E-state index contributed by atoms with van der Waals surface area (Å²) >= 11 is 8.16. The Labute approximate surface area is 120 Å². The number of nitrogens with two attached hydrogens (primary N) is 1. The summed E-state index contributed by atoms with van der Waals surface area (Å²) in [4.78, 5) is 2.31. The van der Waals surface area contributed by atoms with E-state index in [1.54, 1.807) is 0 Å². The average molecular weight is 287 g/mol. The van der Waals surface area contributed by atoms with E-state index in [0.29, 0.717) is 12.6 Å². The normalized spacial score (nSPS) is 12.5. The Balaban J connectivity index is 2.90. The fraction of sp³-hybridized carbons (Fsp3) is 0.571. The quantitative estimate of drug-likeness (QED) is 0.833. The van der Waals surface area contributed by atoms with Crippen molar-refractivity contribution in [3.05, 3.63) is 28.8 Å². The number of anilines is 1. The molecule has 0 fully saturated rings. The van der Waals surface area contributed by atoms with Crippen LogP contribution in [0, 0.1) is 0 Å². The van der Waals surface area contributed by atoms with Crippen molar-refractivity contribution in [1.29, 1.82) is 0 Å². The van der Waals surface area contributed by atoms with Gasteiger partial charge in [0.2, 0.25) is 0 Å². The van der Waals surface area contributed by atoms with E-state index in [1.807, 2.05) is 23.9 Å². The van der Waals surface area contributed by atoms with Crippen LogP contribution in [-0.4, -0.2) is 31.6 Å². The average Bonchev–Trinajstić information content (AvgIpc) is 2.37. The van der Waals surface area contributed by atoms with Crippen LogP contribution in [0.25, 0.3) is 0 Å². The summed E-state index contributed by atoms with van der Waals surface area (Å²) in [5, 5.41) is 0.821. The first-order chi connectivity index (χ1) is 8.61. The second-order valence-electron chi connectivity index (χ2n) is 4.52. The van der Waals surface area contributed by atoms with Crippen LogP contribution in [0.15, 0.2) is 18.2 Å². The molecule has 2 nitrogen and oxygen atoms in total. The van der Waals surface area contributed by atoms with Crippen LogP contribution in [0.2, 0.25) is 5.02 Å². The molecule has 0 amide bonds. The summed E-state index contributed by atoms with van der Waals surface area (Å²) in [6.45, 7) is 2.88. The third-order valence-corrected chi connectivity index (χ3v) is 4.27. The van der Waals surface area contributed by atoms with Gasteiger partial charge in [-0.05, 0) is 56.0 Å². The van der Waals surface area contributed by atoms with Crippen LogP contribution in [0.3, 0.4) is 0 Å². The molecule has 0 aliphatic heterocycles. The van der Waals surface area contributed by atoms with Gasteiger partial charge >= 0.3 is 0 Å². The van der Waals surface area contributed by atoms with Gasteiger partial charge in [0.25, 0.3) is 0 Å². The molecule has 0 bridgehead atoms. The number of benzene rings is 1. The minimum atomic E-state index is 0.507. The highest BCUT2D eigenvalue weighted by molar-refractivity contribution is 7.98. The Hall–Kier alpha value is -0.380. The van der Waals surface area contributed by atoms with Crippen LogP contribution in [-0.2, 0) is 6.42 Å². The molecule has 0 aromatic heterocycles. The second kappa shape index (κ2) is 7.93. The first kappa shape index (κ1) is 15.7. The summed E-state index contributed by atoms with van der Waals surface area (Å²) in [6, 6.07) is 6.59. The van der Waals surface area contributed by atoms with Gasteiger partial charge in [-0.3, -0.25) is 0 Å². The van der Waals surface area contributed by atoms with E-state index in [4.69, 9.17) is 17.3 Å². The Morgan fingerprint density at radius 1 is 1.44 bits per heavy atom. The Bertz CT molecular complexity index is 371. The van der Waals surface area contributed by atoms with Crippen molar-refractivity contribution >= 4 is 29.1 Å². The van der Waals surface area contributed by atoms with Crippen LogP contribution in [0.4, 0.5) is 5.69 Å². The molecule has 1 rings (SSSR count). The SMILES string of the molecule is CSCCC(C)N(C)c1cccc(Cl)c1CCN. The fourth-order valence-electron chi connectivity index (χ4n) is 1.99. The number of nitrogens with zero attached hydrogens (tertiary/aromatic N) is 1. The van der Waals surface area contributed by atoms with Gasteiger partial charge in [0, 0.05) is 23.8 Å². The molecule has 0 saturated heterocycles. The van der Waals surface area contributed by atoms with Crippen molar-refractivity contribution in [1.82, 2.24) is 0 Å². The highest BCUT2D eigenvalue weighted by Crippen LogP contribution is 2.29. The van der Waals surface area contributed by atoms with E-state index in [-0.39, 0.29) is 0 Å². The lowest BCUT2D eigenvalue weighted by molar-refractivity contribution is 0.666. The Morgan fingerprint density at radius 3 is 2.78 bits per heavy atom. The molecule has 0 aliphatic rings. The minimum absolute atomic E-state index is 0.507. The maximum atomic E-state index is 6.27. The summed E-state index contributed by atoms with van der Waals surface area (Å²) in [5.74, 6) is 1.18. The van der Waals surface area contributed by atoms with Crippen LogP contribution < -0.4 is 10.6 Å². The largest absolute Gasteiger partial charge is 0.372 e. The fourth-order valence-corrected chi connectivity index (χ4v) is 2.83. The van der Waals surface area contributed by atoms with Crippen molar-refractivity contribution < 1.29 is 0 Å². The predicted molar refractivity (Wildman–Crippen MR) is 85.1 cm³/mol.